The number of hydrogen-bond donors (Lipinski definition) is 3. The number of nitrogen functional groups attached to an aromatic ring is 1. The molecule has 0 saturated carbocycles. The highest BCUT2D eigenvalue weighted by molar-refractivity contribution is 6.08. The topological polar surface area (TPSA) is 83.3 Å². The summed E-state index contributed by atoms with van der Waals surface area (Å²) in [6.45, 7) is 0.748. The zero-order valence-electron chi connectivity index (χ0n) is 16.1. The van der Waals surface area contributed by atoms with Crippen molar-refractivity contribution < 1.29 is 4.79 Å². The average molecular weight is 375 g/mol. The summed E-state index contributed by atoms with van der Waals surface area (Å²) in [5.41, 5.74) is 9.91. The van der Waals surface area contributed by atoms with E-state index in [-0.39, 0.29) is 5.91 Å². The molecule has 0 saturated heterocycles. The fraction of sp³-hybridized carbons (Fsp3) is 0.182. The van der Waals surface area contributed by atoms with Gasteiger partial charge < -0.3 is 21.3 Å². The van der Waals surface area contributed by atoms with Crippen LogP contribution in [0.4, 0.5) is 22.9 Å². The Bertz CT molecular complexity index is 938. The van der Waals surface area contributed by atoms with Crippen LogP contribution in [0, 0.1) is 0 Å². The van der Waals surface area contributed by atoms with E-state index in [4.69, 9.17) is 5.73 Å². The van der Waals surface area contributed by atoms with Crippen LogP contribution in [-0.4, -0.2) is 31.5 Å². The first kappa shape index (κ1) is 19.2. The van der Waals surface area contributed by atoms with E-state index in [0.29, 0.717) is 11.4 Å². The normalized spacial score (nSPS) is 10.4. The van der Waals surface area contributed by atoms with E-state index in [0.717, 1.165) is 35.7 Å². The van der Waals surface area contributed by atoms with Gasteiger partial charge in [-0.1, -0.05) is 18.2 Å². The number of amides is 1. The summed E-state index contributed by atoms with van der Waals surface area (Å²) in [5, 5.41) is 6.30. The summed E-state index contributed by atoms with van der Waals surface area (Å²) in [6, 6.07) is 20.8. The van der Waals surface area contributed by atoms with E-state index in [1.807, 2.05) is 79.7 Å². The number of nitrogens with zero attached hydrogens (tertiary/aromatic N) is 2. The SMILES string of the molecule is CN(C)c1ccccc1C(=O)Nc1ccc(NCCc2cccc(N)n2)cc1. The van der Waals surface area contributed by atoms with Crippen LogP contribution in [0.1, 0.15) is 16.1 Å². The van der Waals surface area contributed by atoms with Crippen molar-refractivity contribution in [1.82, 2.24) is 4.98 Å². The molecule has 0 radical (unpaired) electrons. The largest absolute Gasteiger partial charge is 0.385 e. The number of rotatable bonds is 7. The van der Waals surface area contributed by atoms with E-state index in [2.05, 4.69) is 15.6 Å². The summed E-state index contributed by atoms with van der Waals surface area (Å²) in [6.07, 6.45) is 0.783. The molecule has 0 spiro atoms. The van der Waals surface area contributed by atoms with Crippen LogP contribution in [-0.2, 0) is 6.42 Å². The van der Waals surface area contributed by atoms with Gasteiger partial charge in [-0.2, -0.15) is 0 Å². The van der Waals surface area contributed by atoms with Crippen LogP contribution in [0.2, 0.25) is 0 Å². The first-order valence-corrected chi connectivity index (χ1v) is 9.16. The van der Waals surface area contributed by atoms with Crippen LogP contribution in [0.3, 0.4) is 0 Å². The number of para-hydroxylation sites is 1. The third kappa shape index (κ3) is 5.01. The van der Waals surface area contributed by atoms with Crippen molar-refractivity contribution in [2.24, 2.45) is 0 Å². The monoisotopic (exact) mass is 375 g/mol. The fourth-order valence-corrected chi connectivity index (χ4v) is 2.90. The highest BCUT2D eigenvalue weighted by Gasteiger charge is 2.12. The molecule has 0 atom stereocenters. The Hall–Kier alpha value is -3.54. The quantitative estimate of drug-likeness (QED) is 0.587. The number of nitrogens with two attached hydrogens (primary N) is 1. The predicted octanol–water partition coefficient (Wildman–Crippen LogP) is 3.64. The number of carbonyl (C=O) groups excluding carboxylic acids is 1. The molecule has 4 N–H and O–H groups in total. The smallest absolute Gasteiger partial charge is 0.257 e. The van der Waals surface area contributed by atoms with Gasteiger partial charge in [-0.05, 0) is 48.5 Å². The molecule has 6 nitrogen and oxygen atoms in total. The van der Waals surface area contributed by atoms with Gasteiger partial charge in [-0.3, -0.25) is 4.79 Å². The Morgan fingerprint density at radius 2 is 1.68 bits per heavy atom. The van der Waals surface area contributed by atoms with Crippen LogP contribution in [0.15, 0.2) is 66.7 Å². The number of aromatic nitrogens is 1. The standard InChI is InChI=1S/C22H25N5O/c1-27(2)20-8-4-3-7-19(20)22(28)26-18-12-10-16(11-13-18)24-15-14-17-6-5-9-21(23)25-17/h3-13,24H,14-15H2,1-2H3,(H2,23,25)(H,26,28). The van der Waals surface area contributed by atoms with Gasteiger partial charge in [0.1, 0.15) is 5.82 Å². The fourth-order valence-electron chi connectivity index (χ4n) is 2.90. The minimum atomic E-state index is -0.127. The Morgan fingerprint density at radius 3 is 2.39 bits per heavy atom. The van der Waals surface area contributed by atoms with Gasteiger partial charge in [0, 0.05) is 49.8 Å². The van der Waals surface area contributed by atoms with Crippen molar-refractivity contribution in [3.63, 3.8) is 0 Å². The minimum absolute atomic E-state index is 0.127. The second-order valence-corrected chi connectivity index (χ2v) is 6.67. The zero-order valence-corrected chi connectivity index (χ0v) is 16.1. The second kappa shape index (κ2) is 8.90. The Morgan fingerprint density at radius 1 is 0.964 bits per heavy atom. The van der Waals surface area contributed by atoms with Crippen molar-refractivity contribution in [2.75, 3.05) is 41.9 Å². The van der Waals surface area contributed by atoms with Crippen LogP contribution < -0.4 is 21.3 Å². The van der Waals surface area contributed by atoms with Crippen LogP contribution >= 0.6 is 0 Å². The average Bonchev–Trinajstić information content (AvgIpc) is 2.69. The summed E-state index contributed by atoms with van der Waals surface area (Å²) in [4.78, 5) is 18.8. The molecule has 0 bridgehead atoms. The van der Waals surface area contributed by atoms with Gasteiger partial charge in [0.2, 0.25) is 0 Å². The molecule has 6 heteroatoms. The lowest BCUT2D eigenvalue weighted by atomic mass is 10.1. The van der Waals surface area contributed by atoms with E-state index in [1.165, 1.54) is 0 Å². The molecule has 28 heavy (non-hydrogen) atoms. The molecule has 0 aliphatic carbocycles. The minimum Gasteiger partial charge on any atom is -0.385 e. The van der Waals surface area contributed by atoms with Gasteiger partial charge in [-0.25, -0.2) is 4.98 Å². The molecule has 3 aromatic rings. The lowest BCUT2D eigenvalue weighted by molar-refractivity contribution is 0.102. The number of pyridine rings is 1. The lowest BCUT2D eigenvalue weighted by Crippen LogP contribution is -2.18. The lowest BCUT2D eigenvalue weighted by Gasteiger charge is -2.17. The summed E-state index contributed by atoms with van der Waals surface area (Å²) < 4.78 is 0. The summed E-state index contributed by atoms with van der Waals surface area (Å²) in [5.74, 6) is 0.409. The number of benzene rings is 2. The molecule has 0 fully saturated rings. The summed E-state index contributed by atoms with van der Waals surface area (Å²) in [7, 11) is 3.84. The highest BCUT2D eigenvalue weighted by Crippen LogP contribution is 2.20. The third-order valence-corrected chi connectivity index (χ3v) is 4.31. The molecule has 0 unspecified atom stereocenters. The molecule has 1 amide bonds. The number of nitrogens with one attached hydrogen (secondary N) is 2. The predicted molar refractivity (Wildman–Crippen MR) is 116 cm³/mol. The number of hydrogen-bond acceptors (Lipinski definition) is 5. The molecule has 0 aliphatic heterocycles. The van der Waals surface area contributed by atoms with Gasteiger partial charge in [0.05, 0.1) is 5.56 Å². The highest BCUT2D eigenvalue weighted by atomic mass is 16.1. The second-order valence-electron chi connectivity index (χ2n) is 6.67. The molecule has 1 heterocycles. The van der Waals surface area contributed by atoms with E-state index >= 15 is 0 Å². The van der Waals surface area contributed by atoms with Crippen molar-refractivity contribution in [3.8, 4) is 0 Å². The molecule has 0 aliphatic rings. The molecule has 1 aromatic heterocycles. The Balaban J connectivity index is 1.56. The number of anilines is 4. The molecular weight excluding hydrogens is 350 g/mol. The van der Waals surface area contributed by atoms with Crippen LogP contribution in [0.5, 0.6) is 0 Å². The van der Waals surface area contributed by atoms with E-state index in [9.17, 15) is 4.79 Å². The first-order chi connectivity index (χ1) is 13.5. The van der Waals surface area contributed by atoms with E-state index < -0.39 is 0 Å². The van der Waals surface area contributed by atoms with Crippen molar-refractivity contribution in [1.29, 1.82) is 0 Å². The van der Waals surface area contributed by atoms with Gasteiger partial charge in [0.15, 0.2) is 0 Å². The van der Waals surface area contributed by atoms with E-state index in [1.54, 1.807) is 6.07 Å². The number of carbonyl (C=O) groups is 1. The molecule has 3 rings (SSSR count). The first-order valence-electron chi connectivity index (χ1n) is 9.16. The van der Waals surface area contributed by atoms with Crippen molar-refractivity contribution in [2.45, 2.75) is 6.42 Å². The zero-order chi connectivity index (χ0) is 19.9. The molecule has 2 aromatic carbocycles. The van der Waals surface area contributed by atoms with Crippen molar-refractivity contribution >= 4 is 28.8 Å². The van der Waals surface area contributed by atoms with Gasteiger partial charge >= 0.3 is 0 Å². The Kier molecular flexibility index (Phi) is 6.11. The van der Waals surface area contributed by atoms with Crippen LogP contribution in [0.25, 0.3) is 0 Å². The van der Waals surface area contributed by atoms with Gasteiger partial charge in [-0.15, -0.1) is 0 Å². The van der Waals surface area contributed by atoms with Crippen molar-refractivity contribution in [3.05, 3.63) is 78.0 Å². The molecular formula is C22H25N5O. The molecule has 144 valence electrons. The Labute approximate surface area is 165 Å². The maximum atomic E-state index is 12.6. The maximum Gasteiger partial charge on any atom is 0.257 e. The van der Waals surface area contributed by atoms with Gasteiger partial charge in [0.25, 0.3) is 5.91 Å². The third-order valence-electron chi connectivity index (χ3n) is 4.31. The summed E-state index contributed by atoms with van der Waals surface area (Å²) >= 11 is 0. The maximum absolute atomic E-state index is 12.6.